The topological polar surface area (TPSA) is 65.2 Å². The van der Waals surface area contributed by atoms with Gasteiger partial charge >= 0.3 is 19.5 Å². The fraction of sp³-hybridized carbons (Fsp3) is 0.222. The average Bonchev–Trinajstić information content (AvgIpc) is 2.51. The third-order valence-electron chi connectivity index (χ3n) is 3.36. The van der Waals surface area contributed by atoms with Crippen LogP contribution in [0.15, 0.2) is 46.4 Å². The number of aromatic hydroxyl groups is 2. The third-order valence-corrected chi connectivity index (χ3v) is 3.36. The maximum atomic E-state index is 9.86. The summed E-state index contributed by atoms with van der Waals surface area (Å²) in [5, 5.41) is 19.7. The number of phenolic OH excluding ortho intramolecular Hbond substituents is 2. The Bertz CT molecular complexity index is 651. The zero-order valence-corrected chi connectivity index (χ0v) is 16.5. The summed E-state index contributed by atoms with van der Waals surface area (Å²) >= 11 is 0. The number of phenols is 2. The van der Waals surface area contributed by atoms with Crippen LogP contribution in [-0.4, -0.2) is 35.7 Å². The minimum Gasteiger partial charge on any atom is -0.507 e. The zero-order valence-electron chi connectivity index (χ0n) is 13.5. The second kappa shape index (κ2) is 9.21. The van der Waals surface area contributed by atoms with Crippen LogP contribution in [0.5, 0.6) is 11.5 Å². The van der Waals surface area contributed by atoms with E-state index in [1.807, 2.05) is 50.2 Å². The van der Waals surface area contributed by atoms with Crippen LogP contribution in [-0.2, 0) is 19.5 Å². The molecule has 0 bridgehead atoms. The predicted octanol–water partition coefficient (Wildman–Crippen LogP) is 3.25. The van der Waals surface area contributed by atoms with E-state index in [2.05, 4.69) is 9.98 Å². The first-order valence-corrected chi connectivity index (χ1v) is 7.16. The second-order valence-corrected chi connectivity index (χ2v) is 5.10. The first-order chi connectivity index (χ1) is 10.6. The van der Waals surface area contributed by atoms with Crippen molar-refractivity contribution in [2.75, 3.05) is 13.1 Å². The molecule has 0 radical (unpaired) electrons. The van der Waals surface area contributed by atoms with Crippen LogP contribution in [0.3, 0.4) is 0 Å². The maximum Gasteiger partial charge on any atom is 2.00 e. The second-order valence-electron chi connectivity index (χ2n) is 5.10. The molecule has 0 amide bonds. The van der Waals surface area contributed by atoms with Crippen LogP contribution in [0.4, 0.5) is 0 Å². The predicted molar refractivity (Wildman–Crippen MR) is 90.6 cm³/mol. The summed E-state index contributed by atoms with van der Waals surface area (Å²) in [6.45, 7) is 4.75. The van der Waals surface area contributed by atoms with E-state index < -0.39 is 0 Å². The summed E-state index contributed by atoms with van der Waals surface area (Å²) in [6.07, 6.45) is 3.31. The van der Waals surface area contributed by atoms with Gasteiger partial charge in [-0.15, -0.1) is 0 Å². The van der Waals surface area contributed by atoms with Crippen molar-refractivity contribution < 1.29 is 29.7 Å². The van der Waals surface area contributed by atoms with Gasteiger partial charge in [0.2, 0.25) is 0 Å². The molecular weight excluding hydrogens is 342 g/mol. The molecule has 0 saturated heterocycles. The first-order valence-electron chi connectivity index (χ1n) is 7.16. The van der Waals surface area contributed by atoms with E-state index in [4.69, 9.17) is 0 Å². The monoisotopic (exact) mass is 360 g/mol. The van der Waals surface area contributed by atoms with Gasteiger partial charge in [0.1, 0.15) is 11.5 Å². The summed E-state index contributed by atoms with van der Waals surface area (Å²) < 4.78 is 0. The number of hydrogen-bond acceptors (Lipinski definition) is 4. The molecule has 114 valence electrons. The fourth-order valence-corrected chi connectivity index (χ4v) is 2.01. The Morgan fingerprint density at radius 2 is 1.17 bits per heavy atom. The fourth-order valence-electron chi connectivity index (χ4n) is 2.01. The summed E-state index contributed by atoms with van der Waals surface area (Å²) in [5.74, 6) is 0.527. The van der Waals surface area contributed by atoms with Crippen molar-refractivity contribution in [3.63, 3.8) is 0 Å². The van der Waals surface area contributed by atoms with E-state index in [0.29, 0.717) is 24.2 Å². The van der Waals surface area contributed by atoms with E-state index in [1.165, 1.54) is 0 Å². The molecule has 2 N–H and O–H groups in total. The van der Waals surface area contributed by atoms with Gasteiger partial charge in [0.05, 0.1) is 13.1 Å². The zero-order chi connectivity index (χ0) is 15.9. The van der Waals surface area contributed by atoms with E-state index >= 15 is 0 Å². The minimum atomic E-state index is 0. The molecule has 0 heterocycles. The van der Waals surface area contributed by atoms with Crippen molar-refractivity contribution in [3.05, 3.63) is 58.7 Å². The molecule has 5 heteroatoms. The smallest absolute Gasteiger partial charge is 0.507 e. The van der Waals surface area contributed by atoms with Gasteiger partial charge in [0.25, 0.3) is 0 Å². The molecule has 0 atom stereocenters. The Morgan fingerprint density at radius 1 is 0.783 bits per heavy atom. The van der Waals surface area contributed by atoms with Crippen LogP contribution in [0.2, 0.25) is 0 Å². The third kappa shape index (κ3) is 5.29. The number of hydrogen-bond donors (Lipinski definition) is 2. The van der Waals surface area contributed by atoms with Gasteiger partial charge < -0.3 is 10.2 Å². The van der Waals surface area contributed by atoms with Crippen LogP contribution in [0, 0.1) is 13.8 Å². The molecule has 0 aromatic heterocycles. The Hall–Kier alpha value is -2.00. The molecule has 0 spiro atoms. The summed E-state index contributed by atoms with van der Waals surface area (Å²) in [7, 11) is 0. The van der Waals surface area contributed by atoms with Crippen molar-refractivity contribution in [2.24, 2.45) is 9.98 Å². The van der Waals surface area contributed by atoms with Gasteiger partial charge in [-0.05, 0) is 37.1 Å². The molecule has 0 aliphatic rings. The number of rotatable bonds is 5. The Balaban J connectivity index is 0.00000264. The van der Waals surface area contributed by atoms with Gasteiger partial charge in [0.15, 0.2) is 0 Å². The summed E-state index contributed by atoms with van der Waals surface area (Å²) in [5.41, 5.74) is 3.08. The van der Waals surface area contributed by atoms with Crippen LogP contribution < -0.4 is 0 Å². The van der Waals surface area contributed by atoms with Gasteiger partial charge in [-0.1, -0.05) is 24.3 Å². The number of para-hydroxylation sites is 2. The SMILES string of the molecule is Cc1cccc(C=NCCN=Cc2cccc(C)c2O)c1O.[Zn+2]. The van der Waals surface area contributed by atoms with E-state index in [-0.39, 0.29) is 31.0 Å². The Morgan fingerprint density at radius 3 is 1.57 bits per heavy atom. The largest absolute Gasteiger partial charge is 2.00 e. The molecule has 0 fully saturated rings. The van der Waals surface area contributed by atoms with Gasteiger partial charge in [0, 0.05) is 23.6 Å². The van der Waals surface area contributed by atoms with Crippen LogP contribution in [0.1, 0.15) is 22.3 Å². The first kappa shape index (κ1) is 19.1. The Labute approximate surface area is 149 Å². The molecular formula is C18H20N2O2Zn+2. The molecule has 2 aromatic rings. The van der Waals surface area contributed by atoms with Crippen molar-refractivity contribution in [1.82, 2.24) is 0 Å². The molecule has 2 rings (SSSR count). The maximum absolute atomic E-state index is 9.86. The molecule has 2 aromatic carbocycles. The van der Waals surface area contributed by atoms with E-state index in [9.17, 15) is 10.2 Å². The van der Waals surface area contributed by atoms with Crippen molar-refractivity contribution in [3.8, 4) is 11.5 Å². The number of benzene rings is 2. The standard InChI is InChI=1S/C18H20N2O2.Zn/c1-13-5-3-7-15(17(13)21)11-19-9-10-20-12-16-8-4-6-14(2)18(16)22;/h3-8,11-12,21-22H,9-10H2,1-2H3;/q;+2. The number of aryl methyl sites for hydroxylation is 2. The quantitative estimate of drug-likeness (QED) is 0.488. The van der Waals surface area contributed by atoms with Crippen molar-refractivity contribution in [2.45, 2.75) is 13.8 Å². The molecule has 0 unspecified atom stereocenters. The minimum absolute atomic E-state index is 0. The molecule has 4 nitrogen and oxygen atoms in total. The van der Waals surface area contributed by atoms with Crippen molar-refractivity contribution in [1.29, 1.82) is 0 Å². The number of aliphatic imine (C=N–C) groups is 2. The van der Waals surface area contributed by atoms with Gasteiger partial charge in [-0.3, -0.25) is 9.98 Å². The van der Waals surface area contributed by atoms with E-state index in [0.717, 1.165) is 11.1 Å². The average molecular weight is 362 g/mol. The normalized spacial score (nSPS) is 11.0. The number of nitrogens with zero attached hydrogens (tertiary/aromatic N) is 2. The molecule has 0 aliphatic heterocycles. The van der Waals surface area contributed by atoms with Crippen molar-refractivity contribution >= 4 is 12.4 Å². The molecule has 0 saturated carbocycles. The molecule has 23 heavy (non-hydrogen) atoms. The van der Waals surface area contributed by atoms with Crippen LogP contribution >= 0.6 is 0 Å². The summed E-state index contributed by atoms with van der Waals surface area (Å²) in [4.78, 5) is 8.51. The Kier molecular flexibility index (Phi) is 7.63. The van der Waals surface area contributed by atoms with Gasteiger partial charge in [-0.2, -0.15) is 0 Å². The summed E-state index contributed by atoms with van der Waals surface area (Å²) in [6, 6.07) is 11.1. The molecule has 0 aliphatic carbocycles. The van der Waals surface area contributed by atoms with E-state index in [1.54, 1.807) is 12.4 Å². The van der Waals surface area contributed by atoms with Gasteiger partial charge in [-0.25, -0.2) is 0 Å². The van der Waals surface area contributed by atoms with Crippen LogP contribution in [0.25, 0.3) is 0 Å².